The fourth-order valence-corrected chi connectivity index (χ4v) is 1.41. The molecule has 0 spiro atoms. The van der Waals surface area contributed by atoms with Crippen molar-refractivity contribution in [3.8, 4) is 0 Å². The predicted molar refractivity (Wildman–Crippen MR) is 69.8 cm³/mol. The maximum Gasteiger partial charge on any atom is 0.224 e. The van der Waals surface area contributed by atoms with E-state index in [1.165, 1.54) is 0 Å². The molecule has 0 saturated carbocycles. The van der Waals surface area contributed by atoms with E-state index in [9.17, 15) is 4.79 Å². The molecule has 0 fully saturated rings. The van der Waals surface area contributed by atoms with Crippen LogP contribution in [0.2, 0.25) is 5.28 Å². The second-order valence-electron chi connectivity index (χ2n) is 3.69. The first-order valence-corrected chi connectivity index (χ1v) is 6.00. The summed E-state index contributed by atoms with van der Waals surface area (Å²) < 4.78 is 4.83. The first kappa shape index (κ1) is 14.7. The van der Waals surface area contributed by atoms with Crippen LogP contribution in [0.1, 0.15) is 12.0 Å². The van der Waals surface area contributed by atoms with Gasteiger partial charge in [-0.05, 0) is 18.5 Å². The minimum Gasteiger partial charge on any atom is -0.383 e. The van der Waals surface area contributed by atoms with E-state index in [-0.39, 0.29) is 11.2 Å². The molecule has 1 aromatic heterocycles. The van der Waals surface area contributed by atoms with Gasteiger partial charge in [-0.3, -0.25) is 4.79 Å². The van der Waals surface area contributed by atoms with Gasteiger partial charge in [0.1, 0.15) is 5.82 Å². The Morgan fingerprint density at radius 1 is 1.50 bits per heavy atom. The van der Waals surface area contributed by atoms with Crippen LogP contribution >= 0.6 is 11.6 Å². The summed E-state index contributed by atoms with van der Waals surface area (Å²) in [5.74, 6) is 0.622. The first-order valence-electron chi connectivity index (χ1n) is 5.62. The molecule has 6 nitrogen and oxygen atoms in total. The van der Waals surface area contributed by atoms with Gasteiger partial charge in [0.05, 0.1) is 6.61 Å². The van der Waals surface area contributed by atoms with E-state index in [0.29, 0.717) is 31.9 Å². The zero-order chi connectivity index (χ0) is 13.4. The number of ether oxygens (including phenoxy) is 1. The second-order valence-corrected chi connectivity index (χ2v) is 4.03. The summed E-state index contributed by atoms with van der Waals surface area (Å²) >= 11 is 5.69. The van der Waals surface area contributed by atoms with Crippen LogP contribution in [-0.2, 0) is 9.53 Å². The van der Waals surface area contributed by atoms with Gasteiger partial charge in [-0.15, -0.1) is 0 Å². The minimum atomic E-state index is -0.0302. The maximum atomic E-state index is 11.4. The molecule has 0 aliphatic rings. The van der Waals surface area contributed by atoms with Crippen LogP contribution in [0.5, 0.6) is 0 Å². The van der Waals surface area contributed by atoms with Crippen LogP contribution < -0.4 is 10.6 Å². The Balaban J connectivity index is 2.28. The number of methoxy groups -OCH3 is 1. The molecule has 1 aromatic rings. The van der Waals surface area contributed by atoms with Crippen molar-refractivity contribution in [1.82, 2.24) is 15.3 Å². The second kappa shape index (κ2) is 7.84. The zero-order valence-corrected chi connectivity index (χ0v) is 11.3. The molecule has 0 aliphatic carbocycles. The quantitative estimate of drug-likeness (QED) is 0.572. The summed E-state index contributed by atoms with van der Waals surface area (Å²) in [6.45, 7) is 3.40. The highest BCUT2D eigenvalue weighted by molar-refractivity contribution is 6.28. The van der Waals surface area contributed by atoms with E-state index in [0.717, 1.165) is 5.56 Å². The van der Waals surface area contributed by atoms with Crippen molar-refractivity contribution in [1.29, 1.82) is 0 Å². The van der Waals surface area contributed by atoms with Crippen LogP contribution in [0.25, 0.3) is 0 Å². The molecule has 7 heteroatoms. The van der Waals surface area contributed by atoms with E-state index >= 15 is 0 Å². The smallest absolute Gasteiger partial charge is 0.224 e. The van der Waals surface area contributed by atoms with Crippen molar-refractivity contribution < 1.29 is 9.53 Å². The van der Waals surface area contributed by atoms with Gasteiger partial charge in [-0.25, -0.2) is 9.97 Å². The van der Waals surface area contributed by atoms with E-state index in [1.807, 2.05) is 6.92 Å². The highest BCUT2D eigenvalue weighted by Crippen LogP contribution is 2.12. The molecule has 1 rings (SSSR count). The Hall–Kier alpha value is -1.40. The van der Waals surface area contributed by atoms with Crippen LogP contribution in [0.3, 0.4) is 0 Å². The Kier molecular flexibility index (Phi) is 6.38. The van der Waals surface area contributed by atoms with Gasteiger partial charge in [0.25, 0.3) is 0 Å². The molecule has 0 unspecified atom stereocenters. The third kappa shape index (κ3) is 5.29. The monoisotopic (exact) mass is 272 g/mol. The normalized spacial score (nSPS) is 10.2. The van der Waals surface area contributed by atoms with Gasteiger partial charge in [0.2, 0.25) is 11.2 Å². The number of anilines is 1. The Bertz CT molecular complexity index is 401. The lowest BCUT2D eigenvalue weighted by atomic mass is 10.3. The summed E-state index contributed by atoms with van der Waals surface area (Å²) in [4.78, 5) is 19.3. The van der Waals surface area contributed by atoms with Gasteiger partial charge in [-0.1, -0.05) is 0 Å². The van der Waals surface area contributed by atoms with Crippen molar-refractivity contribution in [2.75, 3.05) is 32.1 Å². The number of amides is 1. The fraction of sp³-hybridized carbons (Fsp3) is 0.545. The van der Waals surface area contributed by atoms with Crippen LogP contribution in [-0.4, -0.2) is 42.7 Å². The summed E-state index contributed by atoms with van der Waals surface area (Å²) in [7, 11) is 1.59. The average Bonchev–Trinajstić information content (AvgIpc) is 2.34. The molecular formula is C11H17ClN4O2. The Labute approximate surface area is 111 Å². The molecule has 0 saturated heterocycles. The van der Waals surface area contributed by atoms with Gasteiger partial charge in [0.15, 0.2) is 0 Å². The molecule has 0 radical (unpaired) electrons. The lowest BCUT2D eigenvalue weighted by Gasteiger charge is -2.08. The summed E-state index contributed by atoms with van der Waals surface area (Å²) in [5, 5.41) is 5.97. The summed E-state index contributed by atoms with van der Waals surface area (Å²) in [6, 6.07) is 0. The van der Waals surface area contributed by atoms with E-state index in [2.05, 4.69) is 20.6 Å². The molecule has 18 heavy (non-hydrogen) atoms. The highest BCUT2D eigenvalue weighted by Gasteiger charge is 2.04. The Morgan fingerprint density at radius 2 is 2.28 bits per heavy atom. The molecule has 2 N–H and O–H groups in total. The number of hydrogen-bond acceptors (Lipinski definition) is 5. The number of nitrogens with zero attached hydrogens (tertiary/aromatic N) is 2. The molecule has 1 amide bonds. The van der Waals surface area contributed by atoms with Crippen LogP contribution in [0.15, 0.2) is 6.20 Å². The molecule has 100 valence electrons. The highest BCUT2D eigenvalue weighted by atomic mass is 35.5. The number of aromatic nitrogens is 2. The molecular weight excluding hydrogens is 256 g/mol. The predicted octanol–water partition coefficient (Wildman–Crippen LogP) is 1.00. The molecule has 0 atom stereocenters. The number of carbonyl (C=O) groups excluding carboxylic acids is 1. The van der Waals surface area contributed by atoms with Crippen molar-refractivity contribution in [3.63, 3.8) is 0 Å². The number of aryl methyl sites for hydroxylation is 1. The van der Waals surface area contributed by atoms with E-state index < -0.39 is 0 Å². The molecule has 0 bridgehead atoms. The lowest BCUT2D eigenvalue weighted by molar-refractivity contribution is -0.121. The van der Waals surface area contributed by atoms with Crippen molar-refractivity contribution in [3.05, 3.63) is 17.0 Å². The molecule has 0 aromatic carbocycles. The topological polar surface area (TPSA) is 76.1 Å². The number of halogens is 1. The summed E-state index contributed by atoms with van der Waals surface area (Å²) in [5.41, 5.74) is 0.888. The van der Waals surface area contributed by atoms with Gasteiger partial charge in [0, 0.05) is 38.4 Å². The number of carbonyl (C=O) groups is 1. The summed E-state index contributed by atoms with van der Waals surface area (Å²) in [6.07, 6.45) is 2.00. The van der Waals surface area contributed by atoms with Crippen LogP contribution in [0, 0.1) is 6.92 Å². The third-order valence-electron chi connectivity index (χ3n) is 2.22. The number of nitrogens with one attached hydrogen (secondary N) is 2. The zero-order valence-electron chi connectivity index (χ0n) is 10.5. The number of rotatable bonds is 7. The number of hydrogen-bond donors (Lipinski definition) is 2. The van der Waals surface area contributed by atoms with Gasteiger partial charge < -0.3 is 15.4 Å². The van der Waals surface area contributed by atoms with Gasteiger partial charge in [-0.2, -0.15) is 0 Å². The molecule has 1 heterocycles. The third-order valence-corrected chi connectivity index (χ3v) is 2.40. The molecule has 0 aliphatic heterocycles. The van der Waals surface area contributed by atoms with E-state index in [4.69, 9.17) is 16.3 Å². The van der Waals surface area contributed by atoms with Crippen molar-refractivity contribution in [2.45, 2.75) is 13.3 Å². The SMILES string of the molecule is COCCNC(=O)CCNc1nc(Cl)ncc1C. The first-order chi connectivity index (χ1) is 8.63. The largest absolute Gasteiger partial charge is 0.383 e. The average molecular weight is 273 g/mol. The van der Waals surface area contributed by atoms with E-state index in [1.54, 1.807) is 13.3 Å². The van der Waals surface area contributed by atoms with Crippen molar-refractivity contribution >= 4 is 23.3 Å². The standard InChI is InChI=1S/C11H17ClN4O2/c1-8-7-15-11(12)16-10(8)14-4-3-9(17)13-5-6-18-2/h7H,3-6H2,1-2H3,(H,13,17)(H,14,15,16). The van der Waals surface area contributed by atoms with Crippen molar-refractivity contribution in [2.24, 2.45) is 0 Å². The lowest BCUT2D eigenvalue weighted by Crippen LogP contribution is -2.28. The minimum absolute atomic E-state index is 0.0302. The maximum absolute atomic E-state index is 11.4. The van der Waals surface area contributed by atoms with Gasteiger partial charge >= 0.3 is 0 Å². The Morgan fingerprint density at radius 3 is 3.00 bits per heavy atom. The van der Waals surface area contributed by atoms with Crippen LogP contribution in [0.4, 0.5) is 5.82 Å². The fourth-order valence-electron chi connectivity index (χ4n) is 1.27.